The first kappa shape index (κ1) is 19.9. The first-order valence-corrected chi connectivity index (χ1v) is 5.94. The van der Waals surface area contributed by atoms with Crippen molar-refractivity contribution in [1.82, 2.24) is 15.2 Å². The standard InChI is InChI=1S/C12H14F3N3O.2ClH/c1-8-7-18(5-4-16-8)11(19)9-2-3-10(17-6-9)12(13,14)15;;/h2-3,6,8,16H,4-5,7H2,1H3;2*1H/t8-;;/m0../s1. The van der Waals surface area contributed by atoms with Crippen molar-refractivity contribution in [3.8, 4) is 0 Å². The molecular weight excluding hydrogens is 330 g/mol. The number of carbonyl (C=O) groups excluding carboxylic acids is 1. The fraction of sp³-hybridized carbons (Fsp3) is 0.500. The van der Waals surface area contributed by atoms with Crippen molar-refractivity contribution in [1.29, 1.82) is 0 Å². The summed E-state index contributed by atoms with van der Waals surface area (Å²) in [4.78, 5) is 17.0. The van der Waals surface area contributed by atoms with E-state index in [0.717, 1.165) is 12.3 Å². The van der Waals surface area contributed by atoms with Crippen molar-refractivity contribution in [3.63, 3.8) is 0 Å². The van der Waals surface area contributed by atoms with Crippen molar-refractivity contribution in [2.24, 2.45) is 0 Å². The maximum Gasteiger partial charge on any atom is 0.433 e. The van der Waals surface area contributed by atoms with E-state index in [1.54, 1.807) is 4.90 Å². The Hall–Kier alpha value is -1.05. The van der Waals surface area contributed by atoms with Gasteiger partial charge in [0.2, 0.25) is 0 Å². The van der Waals surface area contributed by atoms with Gasteiger partial charge < -0.3 is 10.2 Å². The van der Waals surface area contributed by atoms with E-state index in [2.05, 4.69) is 10.3 Å². The van der Waals surface area contributed by atoms with Crippen LogP contribution in [0.3, 0.4) is 0 Å². The minimum absolute atomic E-state index is 0. The zero-order valence-electron chi connectivity index (χ0n) is 11.2. The molecule has 1 amide bonds. The summed E-state index contributed by atoms with van der Waals surface area (Å²) in [6, 6.07) is 2.18. The van der Waals surface area contributed by atoms with Crippen LogP contribution >= 0.6 is 24.8 Å². The van der Waals surface area contributed by atoms with Gasteiger partial charge in [0.25, 0.3) is 5.91 Å². The Balaban J connectivity index is 0.00000200. The van der Waals surface area contributed by atoms with Crippen LogP contribution in [-0.4, -0.2) is 41.5 Å². The molecule has 1 aliphatic rings. The summed E-state index contributed by atoms with van der Waals surface area (Å²) in [6.07, 6.45) is -3.50. The molecule has 2 heterocycles. The summed E-state index contributed by atoms with van der Waals surface area (Å²) in [5, 5.41) is 3.19. The lowest BCUT2D eigenvalue weighted by molar-refractivity contribution is -0.141. The van der Waals surface area contributed by atoms with Gasteiger partial charge >= 0.3 is 6.18 Å². The smallest absolute Gasteiger partial charge is 0.336 e. The average Bonchev–Trinajstić information content (AvgIpc) is 2.37. The molecule has 1 fully saturated rings. The number of piperazine rings is 1. The zero-order chi connectivity index (χ0) is 14.0. The minimum Gasteiger partial charge on any atom is -0.336 e. The topological polar surface area (TPSA) is 45.2 Å². The number of nitrogens with zero attached hydrogens (tertiary/aromatic N) is 2. The van der Waals surface area contributed by atoms with Gasteiger partial charge in [-0.1, -0.05) is 0 Å². The third-order valence-corrected chi connectivity index (χ3v) is 2.96. The Morgan fingerprint density at radius 2 is 2.05 bits per heavy atom. The lowest BCUT2D eigenvalue weighted by Crippen LogP contribution is -2.51. The first-order valence-electron chi connectivity index (χ1n) is 5.94. The van der Waals surface area contributed by atoms with Crippen LogP contribution in [0.15, 0.2) is 18.3 Å². The number of amides is 1. The zero-order valence-corrected chi connectivity index (χ0v) is 12.8. The number of nitrogens with one attached hydrogen (secondary N) is 1. The molecule has 1 aromatic rings. The van der Waals surface area contributed by atoms with Crippen LogP contribution in [-0.2, 0) is 6.18 Å². The Bertz CT molecular complexity index is 468. The maximum atomic E-state index is 12.4. The molecule has 1 aliphatic heterocycles. The Morgan fingerprint density at radius 1 is 1.38 bits per heavy atom. The van der Waals surface area contributed by atoms with Crippen molar-refractivity contribution in [2.45, 2.75) is 19.1 Å². The molecule has 0 radical (unpaired) electrons. The molecule has 0 saturated carbocycles. The van der Waals surface area contributed by atoms with Crippen LogP contribution in [0.2, 0.25) is 0 Å². The molecule has 1 N–H and O–H groups in total. The molecule has 120 valence electrons. The van der Waals surface area contributed by atoms with Gasteiger partial charge in [-0.05, 0) is 19.1 Å². The summed E-state index contributed by atoms with van der Waals surface area (Å²) in [6.45, 7) is 3.72. The van der Waals surface area contributed by atoms with Crippen molar-refractivity contribution in [2.75, 3.05) is 19.6 Å². The van der Waals surface area contributed by atoms with E-state index in [4.69, 9.17) is 0 Å². The van der Waals surface area contributed by atoms with Crippen molar-refractivity contribution >= 4 is 30.7 Å². The molecule has 0 aromatic carbocycles. The van der Waals surface area contributed by atoms with Crippen LogP contribution in [0.1, 0.15) is 23.0 Å². The number of hydrogen-bond donors (Lipinski definition) is 1. The largest absolute Gasteiger partial charge is 0.433 e. The molecule has 0 spiro atoms. The van der Waals surface area contributed by atoms with E-state index >= 15 is 0 Å². The van der Waals surface area contributed by atoms with Gasteiger partial charge in [0.1, 0.15) is 5.69 Å². The fourth-order valence-electron chi connectivity index (χ4n) is 1.99. The molecule has 1 aromatic heterocycles. The fourth-order valence-corrected chi connectivity index (χ4v) is 1.99. The highest BCUT2D eigenvalue weighted by Gasteiger charge is 2.32. The van der Waals surface area contributed by atoms with Gasteiger partial charge in [0.05, 0.1) is 5.56 Å². The number of carbonyl (C=O) groups is 1. The highest BCUT2D eigenvalue weighted by Crippen LogP contribution is 2.27. The molecular formula is C12H16Cl2F3N3O. The van der Waals surface area contributed by atoms with Gasteiger partial charge in [-0.3, -0.25) is 9.78 Å². The highest BCUT2D eigenvalue weighted by atomic mass is 35.5. The number of halogens is 5. The van der Waals surface area contributed by atoms with E-state index in [1.165, 1.54) is 6.07 Å². The second-order valence-corrected chi connectivity index (χ2v) is 4.54. The lowest BCUT2D eigenvalue weighted by Gasteiger charge is -2.31. The summed E-state index contributed by atoms with van der Waals surface area (Å²) in [7, 11) is 0. The van der Waals surface area contributed by atoms with Gasteiger partial charge in [-0.25, -0.2) is 0 Å². The third-order valence-electron chi connectivity index (χ3n) is 2.96. The van der Waals surface area contributed by atoms with E-state index in [-0.39, 0.29) is 42.3 Å². The molecule has 0 aliphatic carbocycles. The monoisotopic (exact) mass is 345 g/mol. The second kappa shape index (κ2) is 7.82. The average molecular weight is 346 g/mol. The Morgan fingerprint density at radius 3 is 2.52 bits per heavy atom. The summed E-state index contributed by atoms with van der Waals surface area (Å²) in [5.74, 6) is -0.283. The van der Waals surface area contributed by atoms with Crippen LogP contribution in [0, 0.1) is 0 Å². The molecule has 9 heteroatoms. The minimum atomic E-state index is -4.48. The van der Waals surface area contributed by atoms with E-state index in [0.29, 0.717) is 19.6 Å². The normalized spacial score (nSPS) is 18.5. The van der Waals surface area contributed by atoms with Crippen LogP contribution in [0.4, 0.5) is 13.2 Å². The maximum absolute atomic E-state index is 12.4. The number of pyridine rings is 1. The number of hydrogen-bond acceptors (Lipinski definition) is 3. The first-order chi connectivity index (χ1) is 8.88. The second-order valence-electron chi connectivity index (χ2n) is 4.54. The highest BCUT2D eigenvalue weighted by molar-refractivity contribution is 5.94. The van der Waals surface area contributed by atoms with Gasteiger partial charge in [-0.2, -0.15) is 13.2 Å². The predicted molar refractivity (Wildman–Crippen MR) is 77.1 cm³/mol. The summed E-state index contributed by atoms with van der Waals surface area (Å²) in [5.41, 5.74) is -0.806. The molecule has 1 saturated heterocycles. The molecule has 4 nitrogen and oxygen atoms in total. The van der Waals surface area contributed by atoms with Crippen molar-refractivity contribution in [3.05, 3.63) is 29.6 Å². The lowest BCUT2D eigenvalue weighted by atomic mass is 10.2. The van der Waals surface area contributed by atoms with Crippen molar-refractivity contribution < 1.29 is 18.0 Å². The summed E-state index contributed by atoms with van der Waals surface area (Å²) < 4.78 is 37.1. The SMILES string of the molecule is C[C@H]1CN(C(=O)c2ccc(C(F)(F)F)nc2)CCN1.Cl.Cl. The number of rotatable bonds is 1. The Labute approximate surface area is 132 Å². The summed E-state index contributed by atoms with van der Waals surface area (Å²) >= 11 is 0. The Kier molecular flexibility index (Phi) is 7.43. The number of aromatic nitrogens is 1. The van der Waals surface area contributed by atoms with Gasteiger partial charge in [0.15, 0.2) is 0 Å². The molecule has 2 rings (SSSR count). The van der Waals surface area contributed by atoms with Gasteiger partial charge in [0, 0.05) is 31.9 Å². The van der Waals surface area contributed by atoms with Gasteiger partial charge in [-0.15, -0.1) is 24.8 Å². The molecule has 1 atom stereocenters. The van der Waals surface area contributed by atoms with Crippen LogP contribution in [0.5, 0.6) is 0 Å². The molecule has 0 unspecified atom stereocenters. The van der Waals surface area contributed by atoms with E-state index in [9.17, 15) is 18.0 Å². The predicted octanol–water partition coefficient (Wildman–Crippen LogP) is 2.38. The van der Waals surface area contributed by atoms with Crippen LogP contribution < -0.4 is 5.32 Å². The molecule has 0 bridgehead atoms. The number of alkyl halides is 3. The molecule has 21 heavy (non-hydrogen) atoms. The van der Waals surface area contributed by atoms with E-state index < -0.39 is 11.9 Å². The third kappa shape index (κ3) is 5.01. The van der Waals surface area contributed by atoms with Crippen LogP contribution in [0.25, 0.3) is 0 Å². The quantitative estimate of drug-likeness (QED) is 0.849. The van der Waals surface area contributed by atoms with E-state index in [1.807, 2.05) is 6.92 Å².